The number of para-hydroxylation sites is 1. The van der Waals surface area contributed by atoms with Gasteiger partial charge in [0.25, 0.3) is 0 Å². The van der Waals surface area contributed by atoms with Crippen LogP contribution in [-0.4, -0.2) is 36.3 Å². The number of hydrogen-bond acceptors (Lipinski definition) is 7. The lowest BCUT2D eigenvalue weighted by atomic mass is 9.76. The van der Waals surface area contributed by atoms with Crippen LogP contribution in [0.4, 0.5) is 0 Å². The fraction of sp³-hybridized carbons (Fsp3) is 0.364. The Labute approximate surface area is 176 Å². The van der Waals surface area contributed by atoms with Gasteiger partial charge < -0.3 is 19.2 Å². The van der Waals surface area contributed by atoms with Crippen LogP contribution in [0.2, 0.25) is 0 Å². The highest BCUT2D eigenvalue weighted by Crippen LogP contribution is 2.30. The zero-order valence-corrected chi connectivity index (χ0v) is 16.8. The molecule has 2 atom stereocenters. The van der Waals surface area contributed by atoms with Crippen LogP contribution in [0.15, 0.2) is 59.2 Å². The van der Waals surface area contributed by atoms with Crippen molar-refractivity contribution in [3.63, 3.8) is 0 Å². The van der Waals surface area contributed by atoms with Gasteiger partial charge in [0.1, 0.15) is 5.58 Å². The normalized spacial score (nSPS) is 17.5. The molecule has 0 amide bonds. The molecule has 1 fully saturated rings. The highest BCUT2D eigenvalue weighted by atomic mass is 16.8. The van der Waals surface area contributed by atoms with E-state index < -0.39 is 13.1 Å². The first-order chi connectivity index (χ1) is 14.7. The van der Waals surface area contributed by atoms with E-state index in [-0.39, 0.29) is 6.10 Å². The molecule has 7 nitrogen and oxygen atoms in total. The third kappa shape index (κ3) is 5.10. The predicted octanol–water partition coefficient (Wildman–Crippen LogP) is 2.48. The van der Waals surface area contributed by atoms with Gasteiger partial charge in [-0.25, -0.2) is 4.94 Å². The minimum Gasteiger partial charge on any atom is -0.464 e. The largest absolute Gasteiger partial charge is 0.472 e. The summed E-state index contributed by atoms with van der Waals surface area (Å²) in [5.74, 6) is -0.710. The van der Waals surface area contributed by atoms with Crippen molar-refractivity contribution in [3.05, 3.63) is 71.5 Å². The van der Waals surface area contributed by atoms with Gasteiger partial charge in [0.15, 0.2) is 0 Å². The Kier molecular flexibility index (Phi) is 7.17. The monoisotopic (exact) mass is 410 g/mol. The molecule has 158 valence electrons. The summed E-state index contributed by atoms with van der Waals surface area (Å²) in [6, 6.07) is 15.9. The third-order valence-electron chi connectivity index (χ3n) is 5.47. The van der Waals surface area contributed by atoms with Crippen LogP contribution in [-0.2, 0) is 22.5 Å². The molecule has 0 spiro atoms. The molecule has 4 rings (SSSR count). The Morgan fingerprint density at radius 1 is 1.10 bits per heavy atom. The Balaban J connectivity index is 1.27. The molecule has 1 aliphatic heterocycles. The molecular weight excluding hydrogens is 383 g/mol. The fourth-order valence-electron chi connectivity index (χ4n) is 3.89. The number of benzene rings is 2. The van der Waals surface area contributed by atoms with E-state index in [0.717, 1.165) is 42.4 Å². The molecule has 4 N–H and O–H groups in total. The van der Waals surface area contributed by atoms with E-state index in [2.05, 4.69) is 23.1 Å². The van der Waals surface area contributed by atoms with Crippen molar-refractivity contribution in [2.45, 2.75) is 37.7 Å². The van der Waals surface area contributed by atoms with Crippen molar-refractivity contribution < 1.29 is 24.1 Å². The predicted molar refractivity (Wildman–Crippen MR) is 114 cm³/mol. The average Bonchev–Trinajstić information content (AvgIpc) is 3.43. The number of hydroxylamine groups is 2. The molecule has 2 unspecified atom stereocenters. The minimum absolute atomic E-state index is 0.180. The summed E-state index contributed by atoms with van der Waals surface area (Å²) in [6.45, 7) is 1.39. The Bertz CT molecular complexity index is 942. The smallest absolute Gasteiger partial charge is 0.464 e. The molecule has 0 bridgehead atoms. The first-order valence-corrected chi connectivity index (χ1v) is 10.4. The first kappa shape index (κ1) is 21.1. The lowest BCUT2D eigenvalue weighted by Gasteiger charge is -2.18. The maximum Gasteiger partial charge on any atom is 0.472 e. The van der Waals surface area contributed by atoms with Gasteiger partial charge in [-0.15, -0.1) is 0 Å². The number of ether oxygens (including phenoxy) is 1. The van der Waals surface area contributed by atoms with E-state index in [9.17, 15) is 10.0 Å². The molecule has 1 aromatic heterocycles. The summed E-state index contributed by atoms with van der Waals surface area (Å²) in [6.07, 6.45) is 5.09. The molecule has 2 heterocycles. The van der Waals surface area contributed by atoms with Gasteiger partial charge in [0.2, 0.25) is 0 Å². The van der Waals surface area contributed by atoms with Gasteiger partial charge in [-0.05, 0) is 48.4 Å². The lowest BCUT2D eigenvalue weighted by Crippen LogP contribution is -2.47. The molecule has 2 aromatic carbocycles. The van der Waals surface area contributed by atoms with Crippen molar-refractivity contribution in [1.82, 2.24) is 11.0 Å². The van der Waals surface area contributed by atoms with Crippen molar-refractivity contribution in [3.8, 4) is 0 Å². The van der Waals surface area contributed by atoms with E-state index in [1.54, 1.807) is 6.26 Å². The van der Waals surface area contributed by atoms with Crippen LogP contribution in [0, 0.1) is 0 Å². The molecule has 0 aliphatic carbocycles. The zero-order chi connectivity index (χ0) is 20.8. The van der Waals surface area contributed by atoms with Gasteiger partial charge in [-0.1, -0.05) is 42.5 Å². The lowest BCUT2D eigenvalue weighted by molar-refractivity contribution is -0.0481. The highest BCUT2D eigenvalue weighted by molar-refractivity contribution is 6.43. The van der Waals surface area contributed by atoms with Gasteiger partial charge >= 0.3 is 7.12 Å². The SMILES string of the molecule is OB(O)C(Cc1coc2ccccc12)NONCCc1ccccc1C1CCCO1. The zero-order valence-electron chi connectivity index (χ0n) is 16.8. The summed E-state index contributed by atoms with van der Waals surface area (Å²) in [5.41, 5.74) is 9.67. The van der Waals surface area contributed by atoms with Crippen LogP contribution in [0.25, 0.3) is 11.0 Å². The number of fused-ring (bicyclic) bond motifs is 1. The van der Waals surface area contributed by atoms with E-state index in [4.69, 9.17) is 14.1 Å². The van der Waals surface area contributed by atoms with Crippen molar-refractivity contribution in [1.29, 1.82) is 0 Å². The Morgan fingerprint density at radius 2 is 1.93 bits per heavy atom. The first-order valence-electron chi connectivity index (χ1n) is 10.4. The standard InChI is InChI=1S/C22H27BN2O5/c26-23(27)22(14-17-15-29-21-9-4-3-8-19(17)21)25-30-24-12-11-16-6-1-2-7-18(16)20-10-5-13-28-20/h1-4,6-9,15,20,22,24-27H,5,10-14H2. The quantitative estimate of drug-likeness (QED) is 0.232. The maximum atomic E-state index is 9.72. The summed E-state index contributed by atoms with van der Waals surface area (Å²) < 4.78 is 11.3. The molecule has 0 saturated carbocycles. The Hall–Kier alpha value is -2.20. The molecule has 0 radical (unpaired) electrons. The fourth-order valence-corrected chi connectivity index (χ4v) is 3.89. The number of furan rings is 1. The summed E-state index contributed by atoms with van der Waals surface area (Å²) in [7, 11) is -1.58. The number of rotatable bonds is 10. The van der Waals surface area contributed by atoms with Crippen LogP contribution in [0.3, 0.4) is 0 Å². The van der Waals surface area contributed by atoms with Crippen LogP contribution >= 0.6 is 0 Å². The average molecular weight is 410 g/mol. The second kappa shape index (κ2) is 10.2. The van der Waals surface area contributed by atoms with Crippen molar-refractivity contribution in [2.24, 2.45) is 0 Å². The summed E-state index contributed by atoms with van der Waals surface area (Å²) in [5, 5.41) is 20.4. The molecule has 30 heavy (non-hydrogen) atoms. The van der Waals surface area contributed by atoms with Gasteiger partial charge in [0, 0.05) is 18.5 Å². The Morgan fingerprint density at radius 3 is 2.77 bits per heavy atom. The molecule has 3 aromatic rings. The maximum absolute atomic E-state index is 9.72. The molecule has 1 saturated heterocycles. The molecule has 8 heteroatoms. The van der Waals surface area contributed by atoms with Crippen molar-refractivity contribution >= 4 is 18.1 Å². The summed E-state index contributed by atoms with van der Waals surface area (Å²) in [4.78, 5) is 5.32. The van der Waals surface area contributed by atoms with Crippen LogP contribution in [0.5, 0.6) is 0 Å². The summed E-state index contributed by atoms with van der Waals surface area (Å²) >= 11 is 0. The topological polar surface area (TPSA) is 96.1 Å². The second-order valence-corrected chi connectivity index (χ2v) is 7.55. The van der Waals surface area contributed by atoms with Gasteiger partial charge in [-0.2, -0.15) is 11.0 Å². The second-order valence-electron chi connectivity index (χ2n) is 7.55. The highest BCUT2D eigenvalue weighted by Gasteiger charge is 2.25. The number of hydrogen-bond donors (Lipinski definition) is 4. The van der Waals surface area contributed by atoms with Gasteiger partial charge in [0.05, 0.1) is 18.3 Å². The van der Waals surface area contributed by atoms with Gasteiger partial charge in [-0.3, -0.25) is 0 Å². The van der Waals surface area contributed by atoms with E-state index >= 15 is 0 Å². The molecule has 1 aliphatic rings. The number of nitrogens with one attached hydrogen (secondary N) is 2. The van der Waals surface area contributed by atoms with Crippen LogP contribution < -0.4 is 11.0 Å². The third-order valence-corrected chi connectivity index (χ3v) is 5.47. The van der Waals surface area contributed by atoms with E-state index in [0.29, 0.717) is 13.0 Å². The van der Waals surface area contributed by atoms with Crippen molar-refractivity contribution in [2.75, 3.05) is 13.2 Å². The molecular formula is C22H27BN2O5. The van der Waals surface area contributed by atoms with E-state index in [1.165, 1.54) is 11.1 Å². The van der Waals surface area contributed by atoms with E-state index in [1.807, 2.05) is 36.4 Å². The van der Waals surface area contributed by atoms with Crippen LogP contribution in [0.1, 0.15) is 35.6 Å². The minimum atomic E-state index is -1.58.